The van der Waals surface area contributed by atoms with Crippen LogP contribution in [0.1, 0.15) is 38.1 Å². The van der Waals surface area contributed by atoms with Gasteiger partial charge >= 0.3 is 0 Å². The van der Waals surface area contributed by atoms with Gasteiger partial charge in [0.1, 0.15) is 5.02 Å². The zero-order chi connectivity index (χ0) is 19.6. The molecule has 1 aliphatic rings. The fraction of sp³-hybridized carbons (Fsp3) is 0.500. The van der Waals surface area contributed by atoms with Crippen molar-refractivity contribution < 1.29 is 0 Å². The molecule has 3 rings (SSSR count). The maximum absolute atomic E-state index is 12.3. The highest BCUT2D eigenvalue weighted by Crippen LogP contribution is 2.31. The number of rotatable bonds is 5. The lowest BCUT2D eigenvalue weighted by Gasteiger charge is -2.43. The molecule has 1 aliphatic heterocycles. The van der Waals surface area contributed by atoms with E-state index in [-0.39, 0.29) is 23.0 Å². The molecule has 0 N–H and O–H groups in total. The molecule has 0 radical (unpaired) electrons. The fourth-order valence-electron chi connectivity index (χ4n) is 3.70. The van der Waals surface area contributed by atoms with E-state index in [1.165, 1.54) is 10.0 Å². The van der Waals surface area contributed by atoms with E-state index in [4.69, 9.17) is 11.6 Å². The minimum atomic E-state index is -0.215. The molecular weight excluding hydrogens is 496 g/mol. The second-order valence-electron chi connectivity index (χ2n) is 6.75. The van der Waals surface area contributed by atoms with Crippen LogP contribution in [0.5, 0.6) is 0 Å². The van der Waals surface area contributed by atoms with E-state index in [9.17, 15) is 4.79 Å². The molecule has 1 fully saturated rings. The molecule has 6 nitrogen and oxygen atoms in total. The summed E-state index contributed by atoms with van der Waals surface area (Å²) in [6.45, 7) is 9.17. The lowest BCUT2D eigenvalue weighted by atomic mass is 10.0. The normalized spacial score (nSPS) is 19.7. The molecule has 2 aromatic heterocycles. The fourth-order valence-corrected chi connectivity index (χ4v) is 5.33. The van der Waals surface area contributed by atoms with Gasteiger partial charge in [-0.2, -0.15) is 5.10 Å². The number of halogens is 2. The zero-order valence-electron chi connectivity index (χ0n) is 15.7. The van der Waals surface area contributed by atoms with Crippen LogP contribution in [0.4, 0.5) is 5.69 Å². The smallest absolute Gasteiger partial charge is 0.291 e. The van der Waals surface area contributed by atoms with Gasteiger partial charge in [-0.15, -0.1) is 0 Å². The largest absolute Gasteiger partial charge is 0.364 e. The molecule has 146 valence electrons. The minimum Gasteiger partial charge on any atom is -0.364 e. The Kier molecular flexibility index (Phi) is 7.11. The van der Waals surface area contributed by atoms with Gasteiger partial charge in [0.25, 0.3) is 5.56 Å². The van der Waals surface area contributed by atoms with Crippen LogP contribution in [-0.4, -0.2) is 45.1 Å². The maximum Gasteiger partial charge on any atom is 0.291 e. The first-order valence-electron chi connectivity index (χ1n) is 9.06. The first-order chi connectivity index (χ1) is 13.0. The summed E-state index contributed by atoms with van der Waals surface area (Å²) in [6.07, 6.45) is 4.77. The minimum absolute atomic E-state index is 0.215. The lowest BCUT2D eigenvalue weighted by molar-refractivity contribution is 0.174. The molecule has 0 spiro atoms. The van der Waals surface area contributed by atoms with Gasteiger partial charge < -0.3 is 4.90 Å². The first kappa shape index (κ1) is 21.0. The number of pyridine rings is 1. The highest BCUT2D eigenvalue weighted by molar-refractivity contribution is 14.2. The van der Waals surface area contributed by atoms with Crippen LogP contribution in [0.25, 0.3) is 0 Å². The van der Waals surface area contributed by atoms with Crippen LogP contribution in [0.2, 0.25) is 5.02 Å². The van der Waals surface area contributed by atoms with Crippen LogP contribution in [-0.2, 0) is 6.42 Å². The van der Waals surface area contributed by atoms with E-state index in [0.29, 0.717) is 6.04 Å². The van der Waals surface area contributed by atoms with Gasteiger partial charge in [-0.05, 0) is 53.9 Å². The van der Waals surface area contributed by atoms with Crippen molar-refractivity contribution in [3.05, 3.63) is 51.2 Å². The van der Waals surface area contributed by atoms with Gasteiger partial charge in [0.2, 0.25) is 0 Å². The number of aryl methyl sites for hydroxylation is 1. The van der Waals surface area contributed by atoms with Crippen LogP contribution in [0.3, 0.4) is 0 Å². The van der Waals surface area contributed by atoms with Gasteiger partial charge in [0, 0.05) is 43.6 Å². The topological polar surface area (TPSA) is 54.3 Å². The van der Waals surface area contributed by atoms with Gasteiger partial charge in [0.05, 0.1) is 18.3 Å². The van der Waals surface area contributed by atoms with Crippen LogP contribution < -0.4 is 10.5 Å². The average molecular weight is 520 g/mol. The van der Waals surface area contributed by atoms with Crippen molar-refractivity contribution in [2.75, 3.05) is 24.5 Å². The predicted octanol–water partition coefficient (Wildman–Crippen LogP) is 3.92. The molecule has 9 heteroatoms. The van der Waals surface area contributed by atoms with E-state index in [0.717, 1.165) is 37.4 Å². The van der Waals surface area contributed by atoms with Crippen molar-refractivity contribution in [3.8, 4) is 0 Å². The Balaban J connectivity index is 1.78. The molecule has 3 atom stereocenters. The quantitative estimate of drug-likeness (QED) is 0.443. The molecule has 3 unspecified atom stereocenters. The van der Waals surface area contributed by atoms with Gasteiger partial charge in [-0.25, -0.2) is 4.45 Å². The highest BCUT2D eigenvalue weighted by atomic mass is 127. The molecular formula is C18H24ClIN5OP. The molecule has 0 bridgehead atoms. The first-order valence-corrected chi connectivity index (χ1v) is 13.5. The molecule has 0 amide bonds. The molecule has 3 heterocycles. The number of piperazine rings is 1. The van der Waals surface area contributed by atoms with Gasteiger partial charge in [-0.3, -0.25) is 14.7 Å². The summed E-state index contributed by atoms with van der Waals surface area (Å²) in [7, 11) is 0. The highest BCUT2D eigenvalue weighted by Gasteiger charge is 2.30. The number of anilines is 1. The third kappa shape index (κ3) is 4.31. The number of nitrogens with zero attached hydrogens (tertiary/aromatic N) is 5. The van der Waals surface area contributed by atoms with Crippen LogP contribution in [0, 0.1) is 0 Å². The van der Waals surface area contributed by atoms with E-state index in [1.54, 1.807) is 6.20 Å². The molecule has 27 heavy (non-hydrogen) atoms. The van der Waals surface area contributed by atoms with Gasteiger partial charge in [-0.1, -0.05) is 24.6 Å². The van der Waals surface area contributed by atoms with Crippen LogP contribution >= 0.6 is 40.0 Å². The Hall–Kier alpha value is -0.760. The van der Waals surface area contributed by atoms with Crippen molar-refractivity contribution in [2.45, 2.75) is 39.3 Å². The Morgan fingerprint density at radius 3 is 2.89 bits per heavy atom. The third-order valence-corrected chi connectivity index (χ3v) is 7.41. The number of hydrogen-bond acceptors (Lipinski definition) is 5. The predicted molar refractivity (Wildman–Crippen MR) is 122 cm³/mol. The summed E-state index contributed by atoms with van der Waals surface area (Å²) in [5, 5.41) is 4.52. The summed E-state index contributed by atoms with van der Waals surface area (Å²) in [5.74, 6) is 0. The summed E-state index contributed by atoms with van der Waals surface area (Å²) >= 11 is 8.51. The van der Waals surface area contributed by atoms with Crippen molar-refractivity contribution in [1.82, 2.24) is 19.4 Å². The van der Waals surface area contributed by atoms with E-state index >= 15 is 0 Å². The van der Waals surface area contributed by atoms with Crippen molar-refractivity contribution >= 4 is 45.7 Å². The number of hydrogen-bond donors (Lipinski definition) is 0. The second kappa shape index (κ2) is 9.16. The van der Waals surface area contributed by atoms with E-state index in [1.807, 2.05) is 12.3 Å². The standard InChI is InChI=1S/C18H24ClIN5OP/c1-4-15-14(6-5-7-21-15)13(3)23-8-9-24(12(2)11-23)16-10-22-25(27-20)18(26)17(16)19/h5-7,10,12-13,27H,4,8-9,11H2,1-3H3. The number of aromatic nitrogens is 3. The summed E-state index contributed by atoms with van der Waals surface area (Å²) in [6, 6.07) is 4.73. The molecule has 0 saturated carbocycles. The van der Waals surface area contributed by atoms with E-state index in [2.05, 4.69) is 68.8 Å². The Bertz CT molecular complexity index is 864. The summed E-state index contributed by atoms with van der Waals surface area (Å²) in [4.78, 5) is 21.5. The third-order valence-electron chi connectivity index (χ3n) is 5.21. The molecule has 1 saturated heterocycles. The summed E-state index contributed by atoms with van der Waals surface area (Å²) in [5.41, 5.74) is 2.98. The SMILES string of the molecule is CCc1ncccc1C(C)N1CCN(c2cnn(PI)c(=O)c2Cl)C(C)C1. The second-order valence-corrected chi connectivity index (χ2v) is 9.17. The van der Waals surface area contributed by atoms with Crippen molar-refractivity contribution in [1.29, 1.82) is 0 Å². The average Bonchev–Trinajstić information content (AvgIpc) is 2.69. The van der Waals surface area contributed by atoms with Crippen molar-refractivity contribution in [2.24, 2.45) is 0 Å². The van der Waals surface area contributed by atoms with Gasteiger partial charge in [0.15, 0.2) is 0 Å². The van der Waals surface area contributed by atoms with E-state index < -0.39 is 0 Å². The van der Waals surface area contributed by atoms with Crippen LogP contribution in [0.15, 0.2) is 29.3 Å². The Morgan fingerprint density at radius 2 is 2.22 bits per heavy atom. The van der Waals surface area contributed by atoms with Crippen molar-refractivity contribution in [3.63, 3.8) is 0 Å². The summed E-state index contributed by atoms with van der Waals surface area (Å²) < 4.78 is 1.41. The molecule has 0 aromatic carbocycles. The molecule has 2 aromatic rings. The monoisotopic (exact) mass is 519 g/mol. The Labute approximate surface area is 179 Å². The zero-order valence-corrected chi connectivity index (χ0v) is 19.6. The lowest BCUT2D eigenvalue weighted by Crippen LogP contribution is -2.53. The Morgan fingerprint density at radius 1 is 1.44 bits per heavy atom. The maximum atomic E-state index is 12.3. The molecule has 0 aliphatic carbocycles.